The number of nitrogens with one attached hydrogen (secondary N) is 1. The van der Waals surface area contributed by atoms with Crippen LogP contribution in [0.1, 0.15) is 28.9 Å². The standard InChI is InChI=1S/C15H14ClNO3S/c16-12-10-3-1-2-4-11(10)21-13(12)14(18)17-9-6-5-8(7-9)15(19)20/h1-4,8-9H,5-7H2,(H,17,18)(H,19,20)/t8-,9+/m1/s1. The average molecular weight is 324 g/mol. The van der Waals surface area contributed by atoms with Gasteiger partial charge in [0.15, 0.2) is 0 Å². The van der Waals surface area contributed by atoms with E-state index in [1.54, 1.807) is 0 Å². The number of hydrogen-bond donors (Lipinski definition) is 2. The second-order valence-electron chi connectivity index (χ2n) is 5.26. The molecule has 0 radical (unpaired) electrons. The lowest BCUT2D eigenvalue weighted by Gasteiger charge is -2.11. The third kappa shape index (κ3) is 2.76. The summed E-state index contributed by atoms with van der Waals surface area (Å²) in [6.45, 7) is 0. The van der Waals surface area contributed by atoms with Crippen LogP contribution in [0.4, 0.5) is 0 Å². The van der Waals surface area contributed by atoms with Crippen LogP contribution in [0.5, 0.6) is 0 Å². The molecule has 1 heterocycles. The highest BCUT2D eigenvalue weighted by molar-refractivity contribution is 7.21. The SMILES string of the molecule is O=C(N[C@H]1CC[C@@H](C(=O)O)C1)c1sc2ccccc2c1Cl. The average Bonchev–Trinajstić information content (AvgIpc) is 3.05. The number of carbonyl (C=O) groups is 2. The maximum absolute atomic E-state index is 12.3. The molecule has 0 aliphatic heterocycles. The molecule has 1 aromatic heterocycles. The van der Waals surface area contributed by atoms with E-state index in [4.69, 9.17) is 16.7 Å². The molecule has 0 unspecified atom stereocenters. The number of aliphatic carboxylic acids is 1. The maximum Gasteiger partial charge on any atom is 0.306 e. The summed E-state index contributed by atoms with van der Waals surface area (Å²) in [7, 11) is 0. The molecule has 0 spiro atoms. The maximum atomic E-state index is 12.3. The summed E-state index contributed by atoms with van der Waals surface area (Å²) in [5.74, 6) is -1.35. The molecule has 1 aromatic carbocycles. The van der Waals surface area contributed by atoms with E-state index < -0.39 is 5.97 Å². The molecule has 1 aliphatic carbocycles. The number of amides is 1. The molecule has 1 saturated carbocycles. The minimum absolute atomic E-state index is 0.0834. The number of thiophene rings is 1. The molecule has 6 heteroatoms. The fourth-order valence-corrected chi connectivity index (χ4v) is 4.17. The highest BCUT2D eigenvalue weighted by Crippen LogP contribution is 2.35. The highest BCUT2D eigenvalue weighted by atomic mass is 35.5. The molecule has 1 fully saturated rings. The lowest BCUT2D eigenvalue weighted by Crippen LogP contribution is -2.33. The van der Waals surface area contributed by atoms with E-state index in [1.165, 1.54) is 11.3 Å². The second-order valence-corrected chi connectivity index (χ2v) is 6.69. The molecule has 2 aromatic rings. The molecule has 110 valence electrons. The van der Waals surface area contributed by atoms with Gasteiger partial charge in [0.1, 0.15) is 4.88 Å². The van der Waals surface area contributed by atoms with E-state index in [-0.39, 0.29) is 17.9 Å². The van der Waals surface area contributed by atoms with Crippen LogP contribution in [0.15, 0.2) is 24.3 Å². The van der Waals surface area contributed by atoms with Crippen LogP contribution in [0.3, 0.4) is 0 Å². The summed E-state index contributed by atoms with van der Waals surface area (Å²) in [5.41, 5.74) is 0. The first kappa shape index (κ1) is 14.4. The van der Waals surface area contributed by atoms with Crippen LogP contribution in [0.25, 0.3) is 10.1 Å². The van der Waals surface area contributed by atoms with E-state index in [0.717, 1.165) is 10.1 Å². The predicted molar refractivity (Wildman–Crippen MR) is 83.1 cm³/mol. The van der Waals surface area contributed by atoms with Crippen molar-refractivity contribution < 1.29 is 14.7 Å². The van der Waals surface area contributed by atoms with E-state index in [1.807, 2.05) is 24.3 Å². The molecule has 3 rings (SSSR count). The molecule has 2 atom stereocenters. The normalized spacial score (nSPS) is 21.6. The first-order chi connectivity index (χ1) is 10.1. The molecule has 21 heavy (non-hydrogen) atoms. The number of carboxylic acid groups (broad SMARTS) is 1. The first-order valence-electron chi connectivity index (χ1n) is 6.77. The van der Waals surface area contributed by atoms with Crippen molar-refractivity contribution in [3.63, 3.8) is 0 Å². The number of rotatable bonds is 3. The van der Waals surface area contributed by atoms with Crippen molar-refractivity contribution in [1.29, 1.82) is 0 Å². The Morgan fingerprint density at radius 3 is 2.71 bits per heavy atom. The van der Waals surface area contributed by atoms with Gasteiger partial charge in [-0.05, 0) is 25.3 Å². The third-order valence-electron chi connectivity index (χ3n) is 3.86. The summed E-state index contributed by atoms with van der Waals surface area (Å²) in [6.07, 6.45) is 1.80. The van der Waals surface area contributed by atoms with Crippen LogP contribution in [0, 0.1) is 5.92 Å². The van der Waals surface area contributed by atoms with Gasteiger partial charge in [0.2, 0.25) is 0 Å². The Labute approximate surface area is 130 Å². The smallest absolute Gasteiger partial charge is 0.306 e. The monoisotopic (exact) mass is 323 g/mol. The molecular weight excluding hydrogens is 310 g/mol. The number of benzene rings is 1. The summed E-state index contributed by atoms with van der Waals surface area (Å²) in [6, 6.07) is 7.53. The Morgan fingerprint density at radius 2 is 2.05 bits per heavy atom. The lowest BCUT2D eigenvalue weighted by atomic mass is 10.1. The van der Waals surface area contributed by atoms with Gasteiger partial charge in [0.25, 0.3) is 5.91 Å². The van der Waals surface area contributed by atoms with Crippen molar-refractivity contribution in [2.45, 2.75) is 25.3 Å². The van der Waals surface area contributed by atoms with E-state index in [2.05, 4.69) is 5.32 Å². The highest BCUT2D eigenvalue weighted by Gasteiger charge is 2.31. The quantitative estimate of drug-likeness (QED) is 0.908. The zero-order chi connectivity index (χ0) is 15.0. The largest absolute Gasteiger partial charge is 0.481 e. The van der Waals surface area contributed by atoms with Crippen LogP contribution in [0.2, 0.25) is 5.02 Å². The van der Waals surface area contributed by atoms with Crippen molar-refractivity contribution in [2.75, 3.05) is 0 Å². The number of carboxylic acids is 1. The zero-order valence-corrected chi connectivity index (χ0v) is 12.7. The van der Waals surface area contributed by atoms with Crippen LogP contribution >= 0.6 is 22.9 Å². The van der Waals surface area contributed by atoms with Crippen molar-refractivity contribution in [3.8, 4) is 0 Å². The minimum Gasteiger partial charge on any atom is -0.481 e. The van der Waals surface area contributed by atoms with Gasteiger partial charge in [0.05, 0.1) is 10.9 Å². The second kappa shape index (κ2) is 5.66. The van der Waals surface area contributed by atoms with Gasteiger partial charge in [-0.25, -0.2) is 0 Å². The third-order valence-corrected chi connectivity index (χ3v) is 5.53. The van der Waals surface area contributed by atoms with Gasteiger partial charge >= 0.3 is 5.97 Å². The van der Waals surface area contributed by atoms with Crippen molar-refractivity contribution in [3.05, 3.63) is 34.2 Å². The molecular formula is C15H14ClNO3S. The number of hydrogen-bond acceptors (Lipinski definition) is 3. The number of carbonyl (C=O) groups excluding carboxylic acids is 1. The summed E-state index contributed by atoms with van der Waals surface area (Å²) < 4.78 is 0.975. The number of fused-ring (bicyclic) bond motifs is 1. The van der Waals surface area contributed by atoms with Gasteiger partial charge in [-0.1, -0.05) is 29.8 Å². The Hall–Kier alpha value is -1.59. The fraction of sp³-hybridized carbons (Fsp3) is 0.333. The molecule has 2 N–H and O–H groups in total. The van der Waals surface area contributed by atoms with Crippen LogP contribution in [-0.4, -0.2) is 23.0 Å². The Kier molecular flexibility index (Phi) is 3.87. The Balaban J connectivity index is 1.76. The Morgan fingerprint density at radius 1 is 1.29 bits per heavy atom. The Bertz CT molecular complexity index is 712. The van der Waals surface area contributed by atoms with Crippen molar-refractivity contribution in [2.24, 2.45) is 5.92 Å². The minimum atomic E-state index is -0.786. The molecule has 0 bridgehead atoms. The summed E-state index contributed by atoms with van der Waals surface area (Å²) in [4.78, 5) is 23.8. The fourth-order valence-electron chi connectivity index (χ4n) is 2.75. The van der Waals surface area contributed by atoms with Crippen LogP contribution < -0.4 is 5.32 Å². The number of halogens is 1. The zero-order valence-electron chi connectivity index (χ0n) is 11.1. The van der Waals surface area contributed by atoms with Gasteiger partial charge in [-0.15, -0.1) is 11.3 Å². The van der Waals surface area contributed by atoms with Gasteiger partial charge in [-0.3, -0.25) is 9.59 Å². The topological polar surface area (TPSA) is 66.4 Å². The van der Waals surface area contributed by atoms with Gasteiger partial charge in [0, 0.05) is 16.1 Å². The van der Waals surface area contributed by atoms with E-state index >= 15 is 0 Å². The lowest BCUT2D eigenvalue weighted by molar-refractivity contribution is -0.141. The summed E-state index contributed by atoms with van der Waals surface area (Å²) in [5, 5.41) is 13.2. The van der Waals surface area contributed by atoms with Gasteiger partial charge < -0.3 is 10.4 Å². The molecule has 1 aliphatic rings. The molecule has 4 nitrogen and oxygen atoms in total. The van der Waals surface area contributed by atoms with Crippen LogP contribution in [-0.2, 0) is 4.79 Å². The first-order valence-corrected chi connectivity index (χ1v) is 7.96. The van der Waals surface area contributed by atoms with Crippen molar-refractivity contribution >= 4 is 44.9 Å². The van der Waals surface area contributed by atoms with Gasteiger partial charge in [-0.2, -0.15) is 0 Å². The predicted octanol–water partition coefficient (Wildman–Crippen LogP) is 3.54. The van der Waals surface area contributed by atoms with E-state index in [9.17, 15) is 9.59 Å². The molecule has 0 saturated heterocycles. The van der Waals surface area contributed by atoms with E-state index in [0.29, 0.717) is 29.2 Å². The molecule has 1 amide bonds. The summed E-state index contributed by atoms with van der Waals surface area (Å²) >= 11 is 7.63. The van der Waals surface area contributed by atoms with Crippen molar-refractivity contribution in [1.82, 2.24) is 5.32 Å².